The van der Waals surface area contributed by atoms with Crippen LogP contribution in [0.25, 0.3) is 0 Å². The van der Waals surface area contributed by atoms with E-state index in [4.69, 9.17) is 10.2 Å². The first kappa shape index (κ1) is 24.3. The summed E-state index contributed by atoms with van der Waals surface area (Å²) >= 11 is 0. The van der Waals surface area contributed by atoms with Crippen LogP contribution < -0.4 is 0 Å². The summed E-state index contributed by atoms with van der Waals surface area (Å²) in [5.41, 5.74) is 0. The third-order valence-electron chi connectivity index (χ3n) is 1.30. The maximum atomic E-state index is 10.4. The summed E-state index contributed by atoms with van der Waals surface area (Å²) in [5.74, 6) is -3.59. The summed E-state index contributed by atoms with van der Waals surface area (Å²) < 4.78 is 8.81. The van der Waals surface area contributed by atoms with Gasteiger partial charge in [-0.2, -0.15) is 0 Å². The van der Waals surface area contributed by atoms with Crippen LogP contribution in [0.1, 0.15) is 13.8 Å². The Morgan fingerprint density at radius 1 is 0.762 bits per heavy atom. The van der Waals surface area contributed by atoms with Crippen molar-refractivity contribution in [2.45, 2.75) is 13.8 Å². The molecular formula is C12H16CdO8. The fourth-order valence-corrected chi connectivity index (χ4v) is 0.659. The van der Waals surface area contributed by atoms with Crippen molar-refractivity contribution in [3.8, 4) is 0 Å². The molecule has 0 unspecified atom stereocenters. The van der Waals surface area contributed by atoms with Crippen molar-refractivity contribution in [2.75, 3.05) is 13.2 Å². The van der Waals surface area contributed by atoms with Crippen molar-refractivity contribution in [3.63, 3.8) is 0 Å². The number of ether oxygens (including phenoxy) is 2. The molecular weight excluding hydrogens is 385 g/mol. The first-order valence-electron chi connectivity index (χ1n) is 5.48. The van der Waals surface area contributed by atoms with Crippen LogP contribution in [0.15, 0.2) is 24.3 Å². The van der Waals surface area contributed by atoms with Gasteiger partial charge >= 0.3 is 23.9 Å². The smallest absolute Gasteiger partial charge is 0.330 e. The normalized spacial score (nSPS) is 9.24. The largest absolute Gasteiger partial charge is 0.478 e. The van der Waals surface area contributed by atoms with Gasteiger partial charge in [-0.05, 0) is 13.8 Å². The van der Waals surface area contributed by atoms with E-state index in [2.05, 4.69) is 9.47 Å². The third-order valence-corrected chi connectivity index (χ3v) is 1.30. The number of rotatable bonds is 6. The minimum atomic E-state index is -1.16. The molecule has 0 aromatic rings. The van der Waals surface area contributed by atoms with Gasteiger partial charge in [0.15, 0.2) is 0 Å². The monoisotopic (exact) mass is 402 g/mol. The summed E-state index contributed by atoms with van der Waals surface area (Å²) in [5, 5.41) is 16.1. The zero-order valence-electron chi connectivity index (χ0n) is 11.8. The molecule has 21 heavy (non-hydrogen) atoms. The summed E-state index contributed by atoms with van der Waals surface area (Å²) in [7, 11) is 0. The second-order valence-corrected chi connectivity index (χ2v) is 2.85. The molecule has 114 valence electrons. The average molecular weight is 401 g/mol. The molecule has 8 nitrogen and oxygen atoms in total. The molecule has 0 aromatic carbocycles. The maximum absolute atomic E-state index is 10.4. The number of carbonyl (C=O) groups is 4. The van der Waals surface area contributed by atoms with E-state index in [1.807, 2.05) is 0 Å². The molecule has 0 rings (SSSR count). The Balaban J connectivity index is -0.000000295. The van der Waals surface area contributed by atoms with Crippen LogP contribution in [-0.2, 0) is 56.0 Å². The van der Waals surface area contributed by atoms with Gasteiger partial charge in [0.1, 0.15) is 0 Å². The zero-order chi connectivity index (χ0) is 16.0. The number of hydrogen-bond donors (Lipinski definition) is 2. The molecule has 0 radical (unpaired) electrons. The predicted molar refractivity (Wildman–Crippen MR) is 66.8 cm³/mol. The summed E-state index contributed by atoms with van der Waals surface area (Å²) in [6.45, 7) is 3.80. The molecule has 0 aromatic heterocycles. The molecule has 9 heteroatoms. The van der Waals surface area contributed by atoms with Crippen LogP contribution in [-0.4, -0.2) is 47.3 Å². The van der Waals surface area contributed by atoms with E-state index in [1.54, 1.807) is 13.8 Å². The Kier molecular flexibility index (Phi) is 18.9. The van der Waals surface area contributed by atoms with Gasteiger partial charge in [0.05, 0.1) is 13.2 Å². The maximum Gasteiger partial charge on any atom is 0.330 e. The first-order chi connectivity index (χ1) is 9.33. The van der Waals surface area contributed by atoms with Gasteiger partial charge in [0.2, 0.25) is 0 Å². The van der Waals surface area contributed by atoms with Crippen LogP contribution in [0.2, 0.25) is 0 Å². The minimum absolute atomic E-state index is 0. The van der Waals surface area contributed by atoms with Crippen molar-refractivity contribution in [3.05, 3.63) is 24.3 Å². The standard InChI is InChI=1S/2C6H8O4.Cd/c2*1-2-10-6(9)4-3-5(7)8;/h2*3-4H,2H2,1H3,(H,7,8);/b2*4-3-;. The number of carboxylic acid groups (broad SMARTS) is 2. The van der Waals surface area contributed by atoms with Gasteiger partial charge in [0, 0.05) is 51.6 Å². The second-order valence-electron chi connectivity index (χ2n) is 2.85. The second kappa shape index (κ2) is 16.3. The van der Waals surface area contributed by atoms with E-state index in [0.717, 1.165) is 24.3 Å². The number of aliphatic carboxylic acids is 2. The Morgan fingerprint density at radius 2 is 1.05 bits per heavy atom. The van der Waals surface area contributed by atoms with Crippen LogP contribution in [0.3, 0.4) is 0 Å². The Bertz CT molecular complexity index is 362. The molecule has 0 amide bonds. The molecule has 0 spiro atoms. The van der Waals surface area contributed by atoms with Crippen molar-refractivity contribution in [2.24, 2.45) is 0 Å². The van der Waals surface area contributed by atoms with E-state index >= 15 is 0 Å². The molecule has 0 aliphatic heterocycles. The van der Waals surface area contributed by atoms with Gasteiger partial charge in [-0.25, -0.2) is 19.2 Å². The predicted octanol–water partition coefficient (Wildman–Crippen LogP) is 0.378. The van der Waals surface area contributed by atoms with Gasteiger partial charge in [-0.3, -0.25) is 0 Å². The molecule has 0 fully saturated rings. The molecule has 0 bridgehead atoms. The van der Waals surface area contributed by atoms with Gasteiger partial charge in [-0.1, -0.05) is 0 Å². The fourth-order valence-electron chi connectivity index (χ4n) is 0.659. The van der Waals surface area contributed by atoms with Crippen LogP contribution in [0.5, 0.6) is 0 Å². The molecule has 0 aliphatic rings. The van der Waals surface area contributed by atoms with E-state index in [-0.39, 0.29) is 40.5 Å². The Hall–Kier alpha value is -1.72. The quantitative estimate of drug-likeness (QED) is 0.372. The van der Waals surface area contributed by atoms with Crippen molar-refractivity contribution in [1.82, 2.24) is 0 Å². The van der Waals surface area contributed by atoms with Crippen molar-refractivity contribution < 1.29 is 66.2 Å². The first-order valence-corrected chi connectivity index (χ1v) is 5.48. The minimum Gasteiger partial charge on any atom is -0.478 e. The number of hydrogen-bond acceptors (Lipinski definition) is 6. The van der Waals surface area contributed by atoms with Crippen LogP contribution in [0.4, 0.5) is 0 Å². The van der Waals surface area contributed by atoms with Crippen molar-refractivity contribution in [1.29, 1.82) is 0 Å². The number of carbonyl (C=O) groups excluding carboxylic acids is 2. The average Bonchev–Trinajstić information content (AvgIpc) is 2.35. The molecule has 0 atom stereocenters. The van der Waals surface area contributed by atoms with E-state index in [1.165, 1.54) is 0 Å². The molecule has 0 saturated heterocycles. The fraction of sp³-hybridized carbons (Fsp3) is 0.333. The molecule has 0 saturated carbocycles. The van der Waals surface area contributed by atoms with Crippen LogP contribution in [0, 0.1) is 0 Å². The van der Waals surface area contributed by atoms with Gasteiger partial charge in [-0.15, -0.1) is 0 Å². The van der Waals surface area contributed by atoms with E-state index < -0.39 is 23.9 Å². The summed E-state index contributed by atoms with van der Waals surface area (Å²) in [6, 6.07) is 0. The summed E-state index contributed by atoms with van der Waals surface area (Å²) in [6.07, 6.45) is 3.20. The Labute approximate surface area is 141 Å². The molecule has 2 N–H and O–H groups in total. The number of esters is 2. The van der Waals surface area contributed by atoms with E-state index in [0.29, 0.717) is 0 Å². The SMILES string of the molecule is CCOC(=O)/C=C\C(=O)O.CCOC(=O)/C=C\C(=O)O.[Cd]. The zero-order valence-corrected chi connectivity index (χ0v) is 15.8. The number of carboxylic acids is 2. The van der Waals surface area contributed by atoms with Gasteiger partial charge in [0.25, 0.3) is 0 Å². The van der Waals surface area contributed by atoms with E-state index in [9.17, 15) is 19.2 Å². The van der Waals surface area contributed by atoms with Gasteiger partial charge < -0.3 is 19.7 Å². The summed E-state index contributed by atoms with van der Waals surface area (Å²) in [4.78, 5) is 40.4. The van der Waals surface area contributed by atoms with Crippen LogP contribution >= 0.6 is 0 Å². The topological polar surface area (TPSA) is 127 Å². The Morgan fingerprint density at radius 3 is 1.24 bits per heavy atom. The van der Waals surface area contributed by atoms with Crippen molar-refractivity contribution >= 4 is 23.9 Å². The molecule has 0 heterocycles. The third kappa shape index (κ3) is 23.8. The molecule has 0 aliphatic carbocycles.